The summed E-state index contributed by atoms with van der Waals surface area (Å²) in [6.45, 7) is 13.1. The second-order valence-corrected chi connectivity index (χ2v) is 7.48. The molecule has 3 rings (SSSR count). The van der Waals surface area contributed by atoms with Crippen LogP contribution in [-0.4, -0.2) is 50.8 Å². The van der Waals surface area contributed by atoms with E-state index in [1.807, 2.05) is 20.9 Å². The molecule has 0 radical (unpaired) electrons. The molecule has 0 atom stereocenters. The van der Waals surface area contributed by atoms with Crippen LogP contribution in [0.5, 0.6) is 0 Å². The molecule has 0 spiro atoms. The first-order valence-electron chi connectivity index (χ1n) is 8.86. The zero-order valence-corrected chi connectivity index (χ0v) is 16.5. The summed E-state index contributed by atoms with van der Waals surface area (Å²) in [5, 5.41) is 5.15. The van der Waals surface area contributed by atoms with Crippen molar-refractivity contribution >= 4 is 17.4 Å². The van der Waals surface area contributed by atoms with Crippen LogP contribution in [0.1, 0.15) is 42.5 Å². The van der Waals surface area contributed by atoms with E-state index in [0.717, 1.165) is 66.5 Å². The summed E-state index contributed by atoms with van der Waals surface area (Å²) in [5.41, 5.74) is 3.19. The van der Waals surface area contributed by atoms with Gasteiger partial charge >= 0.3 is 0 Å². The van der Waals surface area contributed by atoms with Gasteiger partial charge in [0.2, 0.25) is 0 Å². The summed E-state index contributed by atoms with van der Waals surface area (Å²) in [4.78, 5) is 14.1. The molecule has 3 heterocycles. The van der Waals surface area contributed by atoms with Crippen LogP contribution in [0.2, 0.25) is 5.15 Å². The number of aryl methyl sites for hydroxylation is 3. The molecule has 1 aliphatic rings. The van der Waals surface area contributed by atoms with Gasteiger partial charge in [-0.2, -0.15) is 5.10 Å². The number of halogens is 1. The molecule has 1 fully saturated rings. The molecule has 7 heteroatoms. The van der Waals surface area contributed by atoms with Crippen LogP contribution < -0.4 is 4.90 Å². The first-order chi connectivity index (χ1) is 11.8. The summed E-state index contributed by atoms with van der Waals surface area (Å²) in [6, 6.07) is 2.09. The van der Waals surface area contributed by atoms with E-state index in [2.05, 4.69) is 39.8 Å². The Bertz CT molecular complexity index is 746. The fourth-order valence-corrected chi connectivity index (χ4v) is 3.44. The second kappa shape index (κ2) is 7.30. The normalized spacial score (nSPS) is 16.0. The molecule has 0 aromatic carbocycles. The van der Waals surface area contributed by atoms with Gasteiger partial charge in [-0.25, -0.2) is 9.97 Å². The highest BCUT2D eigenvalue weighted by molar-refractivity contribution is 6.30. The lowest BCUT2D eigenvalue weighted by atomic mass is 10.2. The molecular formula is C18H27ClN6. The quantitative estimate of drug-likeness (QED) is 0.837. The maximum atomic E-state index is 6.37. The van der Waals surface area contributed by atoms with E-state index in [1.54, 1.807) is 4.68 Å². The standard InChI is InChI=1S/C18H27ClN6/c1-12(2)18-20-13(3)10-16(21-18)25-8-6-24(7-9-25)11-15-14(4)22-23(5)17(15)19/h10,12H,6-9,11H2,1-5H3. The maximum absolute atomic E-state index is 6.37. The summed E-state index contributed by atoms with van der Waals surface area (Å²) >= 11 is 6.37. The van der Waals surface area contributed by atoms with E-state index >= 15 is 0 Å². The predicted octanol–water partition coefficient (Wildman–Crippen LogP) is 2.93. The Kier molecular flexibility index (Phi) is 5.29. The van der Waals surface area contributed by atoms with Crippen molar-refractivity contribution in [2.24, 2.45) is 7.05 Å². The van der Waals surface area contributed by atoms with Crippen LogP contribution in [0, 0.1) is 13.8 Å². The molecule has 0 aliphatic carbocycles. The fraction of sp³-hybridized carbons (Fsp3) is 0.611. The van der Waals surface area contributed by atoms with Crippen molar-refractivity contribution in [3.05, 3.63) is 34.0 Å². The third-order valence-corrected chi connectivity index (χ3v) is 5.20. The molecule has 1 aliphatic heterocycles. The van der Waals surface area contributed by atoms with Crippen molar-refractivity contribution in [3.63, 3.8) is 0 Å². The molecule has 1 saturated heterocycles. The summed E-state index contributed by atoms with van der Waals surface area (Å²) in [5.74, 6) is 2.32. The number of hydrogen-bond donors (Lipinski definition) is 0. The van der Waals surface area contributed by atoms with Crippen molar-refractivity contribution in [2.45, 2.75) is 40.2 Å². The largest absolute Gasteiger partial charge is 0.354 e. The van der Waals surface area contributed by atoms with Gasteiger partial charge in [0.15, 0.2) is 0 Å². The lowest BCUT2D eigenvalue weighted by Crippen LogP contribution is -2.46. The Balaban J connectivity index is 1.66. The number of aromatic nitrogens is 4. The molecule has 0 unspecified atom stereocenters. The molecule has 0 amide bonds. The number of hydrogen-bond acceptors (Lipinski definition) is 5. The Morgan fingerprint density at radius 3 is 2.36 bits per heavy atom. The molecular weight excluding hydrogens is 336 g/mol. The minimum absolute atomic E-state index is 0.343. The van der Waals surface area contributed by atoms with E-state index in [-0.39, 0.29) is 0 Å². The molecule has 0 N–H and O–H groups in total. The number of nitrogens with zero attached hydrogens (tertiary/aromatic N) is 6. The summed E-state index contributed by atoms with van der Waals surface area (Å²) in [7, 11) is 1.89. The van der Waals surface area contributed by atoms with Crippen molar-refractivity contribution in [2.75, 3.05) is 31.1 Å². The first-order valence-corrected chi connectivity index (χ1v) is 9.23. The Morgan fingerprint density at radius 2 is 1.80 bits per heavy atom. The van der Waals surface area contributed by atoms with E-state index < -0.39 is 0 Å². The van der Waals surface area contributed by atoms with E-state index in [9.17, 15) is 0 Å². The van der Waals surface area contributed by atoms with Gasteiger partial charge in [0.05, 0.1) is 5.69 Å². The molecule has 6 nitrogen and oxygen atoms in total. The van der Waals surface area contributed by atoms with E-state index in [1.165, 1.54) is 0 Å². The second-order valence-electron chi connectivity index (χ2n) is 7.12. The number of rotatable bonds is 4. The van der Waals surface area contributed by atoms with Gasteiger partial charge in [-0.1, -0.05) is 25.4 Å². The Morgan fingerprint density at radius 1 is 1.12 bits per heavy atom. The van der Waals surface area contributed by atoms with Gasteiger partial charge in [0.25, 0.3) is 0 Å². The smallest absolute Gasteiger partial charge is 0.133 e. The zero-order valence-electron chi connectivity index (χ0n) is 15.8. The van der Waals surface area contributed by atoms with Gasteiger partial charge in [-0.05, 0) is 13.8 Å². The highest BCUT2D eigenvalue weighted by atomic mass is 35.5. The van der Waals surface area contributed by atoms with Gasteiger partial charge in [0.1, 0.15) is 16.8 Å². The highest BCUT2D eigenvalue weighted by Gasteiger charge is 2.22. The minimum Gasteiger partial charge on any atom is -0.354 e. The van der Waals surface area contributed by atoms with Gasteiger partial charge in [0, 0.05) is 63.0 Å². The molecule has 25 heavy (non-hydrogen) atoms. The number of piperazine rings is 1. The SMILES string of the molecule is Cc1cc(N2CCN(Cc3c(C)nn(C)c3Cl)CC2)nc(C(C)C)n1. The average molecular weight is 363 g/mol. The van der Waals surface area contributed by atoms with Gasteiger partial charge in [-0.3, -0.25) is 9.58 Å². The maximum Gasteiger partial charge on any atom is 0.133 e. The van der Waals surface area contributed by atoms with Crippen LogP contribution in [0.3, 0.4) is 0 Å². The molecule has 2 aromatic rings. The van der Waals surface area contributed by atoms with Crippen molar-refractivity contribution < 1.29 is 0 Å². The molecule has 0 bridgehead atoms. The van der Waals surface area contributed by atoms with Crippen LogP contribution in [0.25, 0.3) is 0 Å². The summed E-state index contributed by atoms with van der Waals surface area (Å²) < 4.78 is 1.75. The first kappa shape index (κ1) is 18.1. The van der Waals surface area contributed by atoms with Gasteiger partial charge in [-0.15, -0.1) is 0 Å². The molecule has 2 aromatic heterocycles. The van der Waals surface area contributed by atoms with Crippen LogP contribution in [0.15, 0.2) is 6.07 Å². The Hall–Kier alpha value is -1.66. The lowest BCUT2D eigenvalue weighted by molar-refractivity contribution is 0.249. The molecule has 136 valence electrons. The third-order valence-electron chi connectivity index (χ3n) is 4.72. The van der Waals surface area contributed by atoms with Gasteiger partial charge < -0.3 is 4.90 Å². The fourth-order valence-electron chi connectivity index (χ4n) is 3.21. The number of anilines is 1. The zero-order chi connectivity index (χ0) is 18.1. The predicted molar refractivity (Wildman–Crippen MR) is 101 cm³/mol. The third kappa shape index (κ3) is 3.96. The van der Waals surface area contributed by atoms with Crippen molar-refractivity contribution in [3.8, 4) is 0 Å². The average Bonchev–Trinajstić information content (AvgIpc) is 2.81. The minimum atomic E-state index is 0.343. The van der Waals surface area contributed by atoms with Crippen molar-refractivity contribution in [1.82, 2.24) is 24.6 Å². The van der Waals surface area contributed by atoms with Crippen molar-refractivity contribution in [1.29, 1.82) is 0 Å². The lowest BCUT2D eigenvalue weighted by Gasteiger charge is -2.35. The van der Waals surface area contributed by atoms with E-state index in [0.29, 0.717) is 5.92 Å². The molecule has 0 saturated carbocycles. The van der Waals surface area contributed by atoms with E-state index in [4.69, 9.17) is 16.6 Å². The topological polar surface area (TPSA) is 50.1 Å². The Labute approximate surface area is 154 Å². The highest BCUT2D eigenvalue weighted by Crippen LogP contribution is 2.23. The van der Waals surface area contributed by atoms with Crippen LogP contribution in [-0.2, 0) is 13.6 Å². The summed E-state index contributed by atoms with van der Waals surface area (Å²) in [6.07, 6.45) is 0. The van der Waals surface area contributed by atoms with Crippen LogP contribution >= 0.6 is 11.6 Å². The van der Waals surface area contributed by atoms with Crippen LogP contribution in [0.4, 0.5) is 5.82 Å². The monoisotopic (exact) mass is 362 g/mol.